The number of rotatable bonds is 6. The number of aryl methyl sites for hydroxylation is 1. The van der Waals surface area contributed by atoms with E-state index in [1.54, 1.807) is 6.92 Å². The number of carboxylic acid groups (broad SMARTS) is 1. The molecule has 6 heteroatoms. The Kier molecular flexibility index (Phi) is 4.67. The van der Waals surface area contributed by atoms with Crippen molar-refractivity contribution < 1.29 is 23.8 Å². The van der Waals surface area contributed by atoms with Gasteiger partial charge in [-0.2, -0.15) is 0 Å². The zero-order valence-electron chi connectivity index (χ0n) is 14.3. The average Bonchev–Trinajstić information content (AvgIpc) is 3.15. The summed E-state index contributed by atoms with van der Waals surface area (Å²) in [5, 5.41) is 12.1. The second kappa shape index (κ2) is 6.59. The zero-order chi connectivity index (χ0) is 17.3. The van der Waals surface area contributed by atoms with Crippen LogP contribution in [0.2, 0.25) is 0 Å². The van der Waals surface area contributed by atoms with Crippen LogP contribution in [0.3, 0.4) is 0 Å². The number of furan rings is 1. The molecule has 132 valence electrons. The van der Waals surface area contributed by atoms with Gasteiger partial charge in [-0.1, -0.05) is 12.8 Å². The number of carbonyl (C=O) groups is 2. The predicted octanol–water partition coefficient (Wildman–Crippen LogP) is 2.68. The Hall–Kier alpha value is -1.82. The van der Waals surface area contributed by atoms with Gasteiger partial charge in [0.05, 0.1) is 17.9 Å². The van der Waals surface area contributed by atoms with Gasteiger partial charge in [-0.3, -0.25) is 9.59 Å². The highest BCUT2D eigenvalue weighted by Gasteiger charge is 2.57. The maximum atomic E-state index is 12.7. The van der Waals surface area contributed by atoms with Crippen LogP contribution in [-0.4, -0.2) is 35.7 Å². The molecule has 2 aliphatic carbocycles. The lowest BCUT2D eigenvalue weighted by Crippen LogP contribution is -2.63. The Balaban J connectivity index is 1.74. The van der Waals surface area contributed by atoms with Gasteiger partial charge >= 0.3 is 5.97 Å². The summed E-state index contributed by atoms with van der Waals surface area (Å²) < 4.78 is 11.1. The summed E-state index contributed by atoms with van der Waals surface area (Å²) in [6.45, 7) is 4.46. The molecule has 3 rings (SSSR count). The number of carboxylic acids is 1. The maximum Gasteiger partial charge on any atom is 0.311 e. The fourth-order valence-corrected chi connectivity index (χ4v) is 4.39. The lowest BCUT2D eigenvalue weighted by Gasteiger charge is -2.54. The van der Waals surface area contributed by atoms with Crippen LogP contribution in [0.15, 0.2) is 10.7 Å². The molecule has 6 nitrogen and oxygen atoms in total. The summed E-state index contributed by atoms with van der Waals surface area (Å²) in [5.41, 5.74) is 1.09. The second-order valence-corrected chi connectivity index (χ2v) is 6.93. The van der Waals surface area contributed by atoms with E-state index in [2.05, 4.69) is 5.32 Å². The van der Waals surface area contributed by atoms with Crippen molar-refractivity contribution in [3.63, 3.8) is 0 Å². The van der Waals surface area contributed by atoms with Crippen LogP contribution in [0, 0.1) is 12.3 Å². The molecule has 2 fully saturated rings. The highest BCUT2D eigenvalue weighted by molar-refractivity contribution is 5.97. The van der Waals surface area contributed by atoms with E-state index in [9.17, 15) is 9.59 Å². The molecule has 1 aromatic heterocycles. The first-order valence-electron chi connectivity index (χ1n) is 8.69. The third-order valence-corrected chi connectivity index (χ3v) is 5.58. The largest absolute Gasteiger partial charge is 0.481 e. The number of ether oxygens (including phenoxy) is 1. The van der Waals surface area contributed by atoms with Crippen LogP contribution in [0.5, 0.6) is 0 Å². The molecule has 0 radical (unpaired) electrons. The standard InChI is InChI=1S/C18H25NO5/c1-3-23-14-9-13(18(14)6-4-5-7-18)19-17(22)16-11(2)10-24-12(16)8-15(20)21/h10,13-14H,3-9H2,1-2H3,(H,19,22)(H,20,21). The molecule has 2 atom stereocenters. The minimum Gasteiger partial charge on any atom is -0.481 e. The highest BCUT2D eigenvalue weighted by Crippen LogP contribution is 2.54. The molecule has 1 heterocycles. The van der Waals surface area contributed by atoms with Gasteiger partial charge in [-0.15, -0.1) is 0 Å². The van der Waals surface area contributed by atoms with Gasteiger partial charge in [0.2, 0.25) is 0 Å². The first kappa shape index (κ1) is 17.0. The highest BCUT2D eigenvalue weighted by atomic mass is 16.5. The van der Waals surface area contributed by atoms with Crippen molar-refractivity contribution in [1.29, 1.82) is 0 Å². The lowest BCUT2D eigenvalue weighted by molar-refractivity contribution is -0.136. The first-order chi connectivity index (χ1) is 11.5. The molecule has 2 N–H and O–H groups in total. The van der Waals surface area contributed by atoms with Gasteiger partial charge in [0.1, 0.15) is 12.2 Å². The van der Waals surface area contributed by atoms with Gasteiger partial charge in [-0.05, 0) is 33.1 Å². The normalized spacial score (nSPS) is 24.8. The van der Waals surface area contributed by atoms with Gasteiger partial charge < -0.3 is 19.6 Å². The molecule has 1 aromatic rings. The van der Waals surface area contributed by atoms with Crippen LogP contribution in [0.25, 0.3) is 0 Å². The van der Waals surface area contributed by atoms with Crippen LogP contribution in [0.1, 0.15) is 60.7 Å². The minimum atomic E-state index is -1.01. The van der Waals surface area contributed by atoms with Crippen molar-refractivity contribution >= 4 is 11.9 Å². The predicted molar refractivity (Wildman–Crippen MR) is 87.0 cm³/mol. The smallest absolute Gasteiger partial charge is 0.311 e. The summed E-state index contributed by atoms with van der Waals surface area (Å²) in [5.74, 6) is -1.02. The summed E-state index contributed by atoms with van der Waals surface area (Å²) in [7, 11) is 0. The first-order valence-corrected chi connectivity index (χ1v) is 8.69. The molecule has 0 aliphatic heterocycles. The van der Waals surface area contributed by atoms with Gasteiger partial charge in [0.25, 0.3) is 5.91 Å². The quantitative estimate of drug-likeness (QED) is 0.834. The molecule has 1 amide bonds. The van der Waals surface area contributed by atoms with Crippen LogP contribution >= 0.6 is 0 Å². The van der Waals surface area contributed by atoms with E-state index in [-0.39, 0.29) is 35.6 Å². The van der Waals surface area contributed by atoms with E-state index in [1.807, 2.05) is 6.92 Å². The SMILES string of the molecule is CCOC1CC(NC(=O)c2c(C)coc2CC(=O)O)C12CCCC2. The van der Waals surface area contributed by atoms with E-state index in [4.69, 9.17) is 14.3 Å². The number of carbonyl (C=O) groups excluding carboxylic acids is 1. The van der Waals surface area contributed by atoms with Crippen LogP contribution in [-0.2, 0) is 16.0 Å². The maximum absolute atomic E-state index is 12.7. The Labute approximate surface area is 141 Å². The van der Waals surface area contributed by atoms with E-state index in [1.165, 1.54) is 19.1 Å². The Bertz CT molecular complexity index is 629. The third-order valence-electron chi connectivity index (χ3n) is 5.58. The molecular weight excluding hydrogens is 310 g/mol. The Morgan fingerprint density at radius 3 is 2.75 bits per heavy atom. The molecule has 0 saturated heterocycles. The summed E-state index contributed by atoms with van der Waals surface area (Å²) in [4.78, 5) is 23.7. The number of amides is 1. The molecule has 2 unspecified atom stereocenters. The molecule has 2 aliphatic rings. The van der Waals surface area contributed by atoms with E-state index in [0.717, 1.165) is 19.3 Å². The van der Waals surface area contributed by atoms with Crippen molar-refractivity contribution in [3.8, 4) is 0 Å². The molecular formula is C18H25NO5. The van der Waals surface area contributed by atoms with Crippen molar-refractivity contribution in [2.24, 2.45) is 5.41 Å². The van der Waals surface area contributed by atoms with Crippen molar-refractivity contribution in [1.82, 2.24) is 5.32 Å². The van der Waals surface area contributed by atoms with E-state index < -0.39 is 5.97 Å². The fourth-order valence-electron chi connectivity index (χ4n) is 4.39. The summed E-state index contributed by atoms with van der Waals surface area (Å²) >= 11 is 0. The van der Waals surface area contributed by atoms with Gasteiger partial charge in [-0.25, -0.2) is 0 Å². The minimum absolute atomic E-state index is 0.0519. The third kappa shape index (κ3) is 2.83. The van der Waals surface area contributed by atoms with Gasteiger partial charge in [0.15, 0.2) is 0 Å². The van der Waals surface area contributed by atoms with Crippen molar-refractivity contribution in [2.45, 2.75) is 64.5 Å². The fraction of sp³-hybridized carbons (Fsp3) is 0.667. The monoisotopic (exact) mass is 335 g/mol. The van der Waals surface area contributed by atoms with E-state index in [0.29, 0.717) is 17.7 Å². The van der Waals surface area contributed by atoms with Crippen LogP contribution < -0.4 is 5.32 Å². The summed E-state index contributed by atoms with van der Waals surface area (Å²) in [6, 6.07) is 0.0935. The average molecular weight is 335 g/mol. The lowest BCUT2D eigenvalue weighted by atomic mass is 9.60. The summed E-state index contributed by atoms with van der Waals surface area (Å²) in [6.07, 6.45) is 6.71. The molecule has 0 aromatic carbocycles. The van der Waals surface area contributed by atoms with Gasteiger partial charge in [0, 0.05) is 23.6 Å². The van der Waals surface area contributed by atoms with Crippen molar-refractivity contribution in [3.05, 3.63) is 23.2 Å². The van der Waals surface area contributed by atoms with Crippen molar-refractivity contribution in [2.75, 3.05) is 6.61 Å². The number of aliphatic carboxylic acids is 1. The van der Waals surface area contributed by atoms with E-state index >= 15 is 0 Å². The Morgan fingerprint density at radius 2 is 2.12 bits per heavy atom. The molecule has 24 heavy (non-hydrogen) atoms. The molecule has 2 saturated carbocycles. The second-order valence-electron chi connectivity index (χ2n) is 6.93. The number of nitrogens with one attached hydrogen (secondary N) is 1. The van der Waals surface area contributed by atoms with Crippen LogP contribution in [0.4, 0.5) is 0 Å². The topological polar surface area (TPSA) is 88.8 Å². The zero-order valence-corrected chi connectivity index (χ0v) is 14.3. The molecule has 1 spiro atoms. The number of hydrogen-bond acceptors (Lipinski definition) is 4. The molecule has 0 bridgehead atoms. The Morgan fingerprint density at radius 1 is 1.42 bits per heavy atom. The number of hydrogen-bond donors (Lipinski definition) is 2.